The van der Waals surface area contributed by atoms with Crippen LogP contribution in [0, 0.1) is 0 Å². The predicted molar refractivity (Wildman–Crippen MR) is 79.1 cm³/mol. The van der Waals surface area contributed by atoms with Crippen LogP contribution in [0.15, 0.2) is 46.2 Å². The molecule has 7 heteroatoms. The minimum absolute atomic E-state index is 0.257. The lowest BCUT2D eigenvalue weighted by Gasteiger charge is -2.05. The summed E-state index contributed by atoms with van der Waals surface area (Å²) in [5.41, 5.74) is 2.77. The Bertz CT molecular complexity index is 836. The molecule has 2 aromatic heterocycles. The Morgan fingerprint density at radius 1 is 1.35 bits per heavy atom. The van der Waals surface area contributed by atoms with Crippen LogP contribution in [0.3, 0.4) is 0 Å². The number of nitrogens with zero attached hydrogens (tertiary/aromatic N) is 2. The number of fused-ring (bicyclic) bond motifs is 1. The summed E-state index contributed by atoms with van der Waals surface area (Å²) < 4.78 is 28.9. The average Bonchev–Trinajstić information content (AvgIpc) is 3.07. The van der Waals surface area contributed by atoms with Crippen molar-refractivity contribution in [3.8, 4) is 0 Å². The molecule has 0 amide bonds. The van der Waals surface area contributed by atoms with Gasteiger partial charge >= 0.3 is 0 Å². The van der Waals surface area contributed by atoms with Crippen molar-refractivity contribution in [1.82, 2.24) is 14.3 Å². The van der Waals surface area contributed by atoms with Crippen molar-refractivity contribution < 1.29 is 8.42 Å². The van der Waals surface area contributed by atoms with Crippen LogP contribution in [0.25, 0.3) is 11.0 Å². The number of aryl methyl sites for hydroxylation is 1. The average molecular weight is 307 g/mol. The minimum atomic E-state index is -3.42. The van der Waals surface area contributed by atoms with E-state index in [1.165, 1.54) is 11.3 Å². The van der Waals surface area contributed by atoms with Crippen molar-refractivity contribution in [2.75, 3.05) is 0 Å². The minimum Gasteiger partial charge on any atom is -0.334 e. The maximum Gasteiger partial charge on any atom is 0.250 e. The first-order valence-corrected chi connectivity index (χ1v) is 8.36. The Labute approximate surface area is 120 Å². The van der Waals surface area contributed by atoms with Crippen molar-refractivity contribution >= 4 is 32.4 Å². The molecule has 0 aliphatic heterocycles. The summed E-state index contributed by atoms with van der Waals surface area (Å²) in [5, 5.41) is 1.74. The van der Waals surface area contributed by atoms with Gasteiger partial charge in [-0.25, -0.2) is 18.1 Å². The number of rotatable bonds is 4. The number of thiophene rings is 1. The fourth-order valence-corrected chi connectivity index (χ4v) is 4.01. The Hall–Kier alpha value is -1.70. The SMILES string of the molecule is Cn1cnc2cc(CNS(=O)(=O)c3cccs3)ccc21. The van der Waals surface area contributed by atoms with E-state index in [0.717, 1.165) is 16.6 Å². The molecule has 0 unspecified atom stereocenters. The number of sulfonamides is 1. The molecule has 0 spiro atoms. The Balaban J connectivity index is 1.80. The van der Waals surface area contributed by atoms with E-state index >= 15 is 0 Å². The number of hydrogen-bond donors (Lipinski definition) is 1. The molecule has 3 aromatic rings. The maximum atomic E-state index is 12.0. The lowest BCUT2D eigenvalue weighted by Crippen LogP contribution is -2.22. The molecule has 0 aliphatic carbocycles. The van der Waals surface area contributed by atoms with E-state index in [1.54, 1.807) is 23.8 Å². The largest absolute Gasteiger partial charge is 0.334 e. The summed E-state index contributed by atoms with van der Waals surface area (Å²) in [5.74, 6) is 0. The van der Waals surface area contributed by atoms with Crippen molar-refractivity contribution in [2.24, 2.45) is 7.05 Å². The molecule has 5 nitrogen and oxygen atoms in total. The van der Waals surface area contributed by atoms with Gasteiger partial charge in [-0.15, -0.1) is 11.3 Å². The number of aromatic nitrogens is 2. The zero-order valence-corrected chi connectivity index (χ0v) is 12.4. The van der Waals surface area contributed by atoms with Crippen LogP contribution in [0.4, 0.5) is 0 Å². The van der Waals surface area contributed by atoms with E-state index in [-0.39, 0.29) is 6.54 Å². The summed E-state index contributed by atoms with van der Waals surface area (Å²) in [7, 11) is -1.50. The molecule has 3 rings (SSSR count). The van der Waals surface area contributed by atoms with Gasteiger partial charge in [-0.1, -0.05) is 12.1 Å². The van der Waals surface area contributed by atoms with Gasteiger partial charge in [-0.2, -0.15) is 0 Å². The second-order valence-electron chi connectivity index (χ2n) is 4.44. The fourth-order valence-electron chi connectivity index (χ4n) is 1.96. The molecule has 1 aromatic carbocycles. The molecule has 20 heavy (non-hydrogen) atoms. The third kappa shape index (κ3) is 2.47. The van der Waals surface area contributed by atoms with E-state index in [1.807, 2.05) is 29.8 Å². The van der Waals surface area contributed by atoms with Crippen LogP contribution in [0.2, 0.25) is 0 Å². The van der Waals surface area contributed by atoms with E-state index in [9.17, 15) is 8.42 Å². The van der Waals surface area contributed by atoms with Crippen molar-refractivity contribution in [3.63, 3.8) is 0 Å². The molecular weight excluding hydrogens is 294 g/mol. The Morgan fingerprint density at radius 3 is 2.95 bits per heavy atom. The van der Waals surface area contributed by atoms with Crippen molar-refractivity contribution in [2.45, 2.75) is 10.8 Å². The zero-order chi connectivity index (χ0) is 14.2. The van der Waals surface area contributed by atoms with Gasteiger partial charge in [0, 0.05) is 13.6 Å². The van der Waals surface area contributed by atoms with Gasteiger partial charge in [0.25, 0.3) is 0 Å². The molecule has 0 saturated carbocycles. The van der Waals surface area contributed by atoms with E-state index in [0.29, 0.717) is 4.21 Å². The van der Waals surface area contributed by atoms with Crippen LogP contribution in [0.1, 0.15) is 5.56 Å². The van der Waals surface area contributed by atoms with Gasteiger partial charge in [0.2, 0.25) is 10.0 Å². The van der Waals surface area contributed by atoms with Crippen molar-refractivity contribution in [3.05, 3.63) is 47.6 Å². The lowest BCUT2D eigenvalue weighted by molar-refractivity contribution is 0.583. The normalized spacial score (nSPS) is 12.1. The highest BCUT2D eigenvalue weighted by atomic mass is 32.2. The van der Waals surface area contributed by atoms with Crippen LogP contribution in [-0.2, 0) is 23.6 Å². The van der Waals surface area contributed by atoms with Crippen LogP contribution in [0.5, 0.6) is 0 Å². The monoisotopic (exact) mass is 307 g/mol. The van der Waals surface area contributed by atoms with Crippen LogP contribution >= 0.6 is 11.3 Å². The van der Waals surface area contributed by atoms with Gasteiger partial charge in [-0.3, -0.25) is 0 Å². The molecule has 0 aliphatic rings. The van der Waals surface area contributed by atoms with Gasteiger partial charge in [-0.05, 0) is 29.1 Å². The summed E-state index contributed by atoms with van der Waals surface area (Å²) in [6.45, 7) is 0.257. The number of benzene rings is 1. The Morgan fingerprint density at radius 2 is 2.20 bits per heavy atom. The fraction of sp³-hybridized carbons (Fsp3) is 0.154. The number of imidazole rings is 1. The maximum absolute atomic E-state index is 12.0. The molecule has 0 saturated heterocycles. The van der Waals surface area contributed by atoms with E-state index in [2.05, 4.69) is 9.71 Å². The zero-order valence-electron chi connectivity index (χ0n) is 10.8. The standard InChI is InChI=1S/C13H13N3O2S2/c1-16-9-14-11-7-10(4-5-12(11)16)8-15-20(17,18)13-3-2-6-19-13/h2-7,9,15H,8H2,1H3. The smallest absolute Gasteiger partial charge is 0.250 e. The van der Waals surface area contributed by atoms with Gasteiger partial charge in [0.1, 0.15) is 4.21 Å². The molecule has 104 valence electrons. The van der Waals surface area contributed by atoms with E-state index in [4.69, 9.17) is 0 Å². The van der Waals surface area contributed by atoms with Crippen molar-refractivity contribution in [1.29, 1.82) is 0 Å². The third-order valence-electron chi connectivity index (χ3n) is 3.02. The number of nitrogens with one attached hydrogen (secondary N) is 1. The van der Waals surface area contributed by atoms with Crippen LogP contribution in [-0.4, -0.2) is 18.0 Å². The predicted octanol–water partition coefficient (Wildman–Crippen LogP) is 2.11. The molecular formula is C13H13N3O2S2. The van der Waals surface area contributed by atoms with Crippen LogP contribution < -0.4 is 4.72 Å². The van der Waals surface area contributed by atoms with Gasteiger partial charge in [0.05, 0.1) is 17.4 Å². The quantitative estimate of drug-likeness (QED) is 0.803. The highest BCUT2D eigenvalue weighted by Crippen LogP contribution is 2.17. The highest BCUT2D eigenvalue weighted by molar-refractivity contribution is 7.91. The molecule has 2 heterocycles. The topological polar surface area (TPSA) is 64.0 Å². The van der Waals surface area contributed by atoms with Gasteiger partial charge < -0.3 is 4.57 Å². The molecule has 0 fully saturated rings. The summed E-state index contributed by atoms with van der Waals surface area (Å²) in [6.07, 6.45) is 1.74. The summed E-state index contributed by atoms with van der Waals surface area (Å²) >= 11 is 1.20. The number of hydrogen-bond acceptors (Lipinski definition) is 4. The molecule has 1 N–H and O–H groups in total. The third-order valence-corrected chi connectivity index (χ3v) is 5.81. The Kier molecular flexibility index (Phi) is 3.33. The molecule has 0 bridgehead atoms. The van der Waals surface area contributed by atoms with Gasteiger partial charge in [0.15, 0.2) is 0 Å². The molecule has 0 radical (unpaired) electrons. The first kappa shape index (κ1) is 13.3. The molecule has 0 atom stereocenters. The first-order valence-electron chi connectivity index (χ1n) is 5.99. The summed E-state index contributed by atoms with van der Waals surface area (Å²) in [6, 6.07) is 9.05. The second-order valence-corrected chi connectivity index (χ2v) is 7.38. The second kappa shape index (κ2) is 5.01. The van der Waals surface area contributed by atoms with E-state index < -0.39 is 10.0 Å². The first-order chi connectivity index (χ1) is 9.56. The highest BCUT2D eigenvalue weighted by Gasteiger charge is 2.14. The lowest BCUT2D eigenvalue weighted by atomic mass is 10.2. The summed E-state index contributed by atoms with van der Waals surface area (Å²) in [4.78, 5) is 4.26.